The van der Waals surface area contributed by atoms with Crippen molar-refractivity contribution in [2.75, 3.05) is 19.3 Å². The first-order valence-electron chi connectivity index (χ1n) is 3.56. The maximum absolute atomic E-state index is 3.99. The van der Waals surface area contributed by atoms with Crippen LogP contribution in [0.2, 0.25) is 0 Å². The fraction of sp³-hybridized carbons (Fsp3) is 0.667. The van der Waals surface area contributed by atoms with Crippen molar-refractivity contribution in [3.05, 3.63) is 6.33 Å². The monoisotopic (exact) mass is 172 g/mol. The Morgan fingerprint density at radius 2 is 2.64 bits per heavy atom. The first-order chi connectivity index (χ1) is 5.43. The zero-order valence-corrected chi connectivity index (χ0v) is 7.32. The number of nitrogens with one attached hydrogen (secondary N) is 2. The normalized spacial score (nSPS) is 10.3. The molecule has 4 nitrogen and oxygen atoms in total. The number of nitrogens with zero attached hydrogens (tertiary/aromatic N) is 2. The highest BCUT2D eigenvalue weighted by Crippen LogP contribution is 2.10. The Hall–Kier alpha value is -0.550. The second-order valence-corrected chi connectivity index (χ2v) is 3.18. The highest BCUT2D eigenvalue weighted by Gasteiger charge is 1.94. The standard InChI is InChI=1S/C6H12N4S/c1-7-3-2-4-11-6-8-5-9-10-6/h5,7H,2-4H2,1H3,(H,8,9,10). The Kier molecular flexibility index (Phi) is 4.00. The van der Waals surface area contributed by atoms with E-state index in [4.69, 9.17) is 0 Å². The van der Waals surface area contributed by atoms with Gasteiger partial charge in [-0.1, -0.05) is 11.8 Å². The minimum atomic E-state index is 0.904. The first-order valence-corrected chi connectivity index (χ1v) is 4.55. The maximum atomic E-state index is 3.99. The lowest BCUT2D eigenvalue weighted by Crippen LogP contribution is -2.08. The van der Waals surface area contributed by atoms with E-state index in [1.54, 1.807) is 11.8 Å². The molecule has 0 fully saturated rings. The van der Waals surface area contributed by atoms with Crippen LogP contribution in [0.5, 0.6) is 0 Å². The maximum Gasteiger partial charge on any atom is 0.183 e. The lowest BCUT2D eigenvalue weighted by Gasteiger charge is -1.96. The highest BCUT2D eigenvalue weighted by molar-refractivity contribution is 7.99. The molecule has 2 N–H and O–H groups in total. The molecule has 0 aromatic carbocycles. The van der Waals surface area contributed by atoms with Gasteiger partial charge in [-0.3, -0.25) is 5.10 Å². The molecule has 0 radical (unpaired) electrons. The average Bonchev–Trinajstić information content (AvgIpc) is 2.50. The molecule has 0 saturated heterocycles. The minimum Gasteiger partial charge on any atom is -0.320 e. The Balaban J connectivity index is 2.04. The molecule has 0 atom stereocenters. The molecule has 0 aliphatic rings. The number of H-pyrrole nitrogens is 1. The van der Waals surface area contributed by atoms with Crippen LogP contribution in [0, 0.1) is 0 Å². The van der Waals surface area contributed by atoms with Crippen LogP contribution in [0.1, 0.15) is 6.42 Å². The van der Waals surface area contributed by atoms with Crippen LogP contribution >= 0.6 is 11.8 Å². The van der Waals surface area contributed by atoms with Crippen molar-refractivity contribution < 1.29 is 0 Å². The van der Waals surface area contributed by atoms with Crippen LogP contribution in [0.3, 0.4) is 0 Å². The predicted molar refractivity (Wildman–Crippen MR) is 45.7 cm³/mol. The molecule has 1 aromatic heterocycles. The summed E-state index contributed by atoms with van der Waals surface area (Å²) < 4.78 is 0. The van der Waals surface area contributed by atoms with E-state index < -0.39 is 0 Å². The van der Waals surface area contributed by atoms with Gasteiger partial charge >= 0.3 is 0 Å². The topological polar surface area (TPSA) is 53.6 Å². The van der Waals surface area contributed by atoms with Gasteiger partial charge in [0, 0.05) is 5.75 Å². The van der Waals surface area contributed by atoms with Crippen molar-refractivity contribution in [1.82, 2.24) is 20.5 Å². The van der Waals surface area contributed by atoms with E-state index in [0.717, 1.165) is 23.9 Å². The van der Waals surface area contributed by atoms with E-state index in [0.29, 0.717) is 0 Å². The van der Waals surface area contributed by atoms with E-state index in [1.165, 1.54) is 6.33 Å². The largest absolute Gasteiger partial charge is 0.320 e. The molecule has 0 spiro atoms. The third-order valence-corrected chi connectivity index (χ3v) is 2.17. The van der Waals surface area contributed by atoms with Gasteiger partial charge in [-0.15, -0.1) is 0 Å². The fourth-order valence-electron chi connectivity index (χ4n) is 0.682. The smallest absolute Gasteiger partial charge is 0.183 e. The predicted octanol–water partition coefficient (Wildman–Crippen LogP) is 0.506. The lowest BCUT2D eigenvalue weighted by atomic mass is 10.5. The molecule has 1 aromatic rings. The number of rotatable bonds is 5. The summed E-state index contributed by atoms with van der Waals surface area (Å²) in [5, 5.41) is 10.5. The summed E-state index contributed by atoms with van der Waals surface area (Å²) in [5.74, 6) is 1.08. The van der Waals surface area contributed by atoms with Gasteiger partial charge in [0.15, 0.2) is 5.16 Å². The second-order valence-electron chi connectivity index (χ2n) is 2.10. The Morgan fingerprint density at radius 3 is 3.27 bits per heavy atom. The van der Waals surface area contributed by atoms with Crippen LogP contribution in [0.25, 0.3) is 0 Å². The zero-order chi connectivity index (χ0) is 7.94. The highest BCUT2D eigenvalue weighted by atomic mass is 32.2. The molecule has 0 saturated carbocycles. The van der Waals surface area contributed by atoms with Gasteiger partial charge in [-0.05, 0) is 20.0 Å². The molecule has 0 unspecified atom stereocenters. The average molecular weight is 172 g/mol. The van der Waals surface area contributed by atoms with Gasteiger partial charge < -0.3 is 5.32 Å². The molecular weight excluding hydrogens is 160 g/mol. The third kappa shape index (κ3) is 3.38. The summed E-state index contributed by atoms with van der Waals surface area (Å²) >= 11 is 1.70. The van der Waals surface area contributed by atoms with E-state index in [9.17, 15) is 0 Å². The van der Waals surface area contributed by atoms with E-state index in [1.807, 2.05) is 7.05 Å². The van der Waals surface area contributed by atoms with Gasteiger partial charge in [-0.25, -0.2) is 4.98 Å². The summed E-state index contributed by atoms with van der Waals surface area (Å²) in [5.41, 5.74) is 0. The fourth-order valence-corrected chi connectivity index (χ4v) is 1.40. The number of hydrogen-bond donors (Lipinski definition) is 2. The van der Waals surface area contributed by atoms with Crippen molar-refractivity contribution in [1.29, 1.82) is 0 Å². The Bertz CT molecular complexity index is 175. The van der Waals surface area contributed by atoms with Gasteiger partial charge in [0.2, 0.25) is 0 Å². The van der Waals surface area contributed by atoms with Gasteiger partial charge in [0.05, 0.1) is 0 Å². The lowest BCUT2D eigenvalue weighted by molar-refractivity contribution is 0.777. The van der Waals surface area contributed by atoms with Gasteiger partial charge in [0.1, 0.15) is 6.33 Å². The molecule has 0 aliphatic heterocycles. The van der Waals surface area contributed by atoms with Crippen molar-refractivity contribution >= 4 is 11.8 Å². The van der Waals surface area contributed by atoms with Crippen molar-refractivity contribution in [2.45, 2.75) is 11.6 Å². The number of thioether (sulfide) groups is 1. The Morgan fingerprint density at radius 1 is 1.73 bits per heavy atom. The van der Waals surface area contributed by atoms with Crippen LogP contribution in [-0.2, 0) is 0 Å². The van der Waals surface area contributed by atoms with Crippen LogP contribution in [0.4, 0.5) is 0 Å². The second kappa shape index (κ2) is 5.15. The van der Waals surface area contributed by atoms with E-state index >= 15 is 0 Å². The summed E-state index contributed by atoms with van der Waals surface area (Å²) in [4.78, 5) is 3.99. The van der Waals surface area contributed by atoms with Gasteiger partial charge in [0.25, 0.3) is 0 Å². The van der Waals surface area contributed by atoms with E-state index in [2.05, 4.69) is 20.5 Å². The molecule has 5 heteroatoms. The van der Waals surface area contributed by atoms with Crippen molar-refractivity contribution in [3.63, 3.8) is 0 Å². The number of aromatic nitrogens is 3. The molecule has 11 heavy (non-hydrogen) atoms. The molecular formula is C6H12N4S. The van der Waals surface area contributed by atoms with Crippen LogP contribution in [-0.4, -0.2) is 34.5 Å². The van der Waals surface area contributed by atoms with Crippen LogP contribution in [0.15, 0.2) is 11.5 Å². The molecule has 0 amide bonds. The molecule has 1 heterocycles. The summed E-state index contributed by atoms with van der Waals surface area (Å²) in [6.07, 6.45) is 2.68. The molecule has 0 aliphatic carbocycles. The third-order valence-electron chi connectivity index (χ3n) is 1.20. The minimum absolute atomic E-state index is 0.904. The van der Waals surface area contributed by atoms with E-state index in [-0.39, 0.29) is 0 Å². The summed E-state index contributed by atoms with van der Waals surface area (Å²) in [7, 11) is 1.96. The summed E-state index contributed by atoms with van der Waals surface area (Å²) in [6, 6.07) is 0. The number of hydrogen-bond acceptors (Lipinski definition) is 4. The SMILES string of the molecule is CNCCCSc1ncn[nH]1. The quantitative estimate of drug-likeness (QED) is 0.502. The van der Waals surface area contributed by atoms with Crippen molar-refractivity contribution in [3.8, 4) is 0 Å². The molecule has 1 rings (SSSR count). The molecule has 0 bridgehead atoms. The number of aromatic amines is 1. The molecule has 62 valence electrons. The van der Waals surface area contributed by atoms with Crippen LogP contribution < -0.4 is 5.32 Å². The zero-order valence-electron chi connectivity index (χ0n) is 6.50. The van der Waals surface area contributed by atoms with Crippen molar-refractivity contribution in [2.24, 2.45) is 0 Å². The Labute approximate surface area is 70.2 Å². The van der Waals surface area contributed by atoms with Gasteiger partial charge in [-0.2, -0.15) is 5.10 Å². The first kappa shape index (κ1) is 8.55. The summed E-state index contributed by atoms with van der Waals surface area (Å²) in [6.45, 7) is 1.06.